The van der Waals surface area contributed by atoms with Gasteiger partial charge < -0.3 is 14.2 Å². The molecule has 0 aliphatic rings. The molecule has 0 saturated heterocycles. The maximum absolute atomic E-state index is 12.8. The minimum atomic E-state index is -0.797. The summed E-state index contributed by atoms with van der Waals surface area (Å²) in [6.07, 6.45) is 88.6. The highest BCUT2D eigenvalue weighted by atomic mass is 16.6. The second-order valence-corrected chi connectivity index (χ2v) is 19.5. The Kier molecular flexibility index (Phi) is 58.0. The summed E-state index contributed by atoms with van der Waals surface area (Å²) in [6, 6.07) is 0. The van der Waals surface area contributed by atoms with Crippen molar-refractivity contribution in [2.45, 2.75) is 258 Å². The van der Waals surface area contributed by atoms with E-state index in [0.29, 0.717) is 19.3 Å². The van der Waals surface area contributed by atoms with Crippen molar-refractivity contribution in [3.05, 3.63) is 146 Å². The molecule has 0 aliphatic carbocycles. The molecule has 0 spiro atoms. The lowest BCUT2D eigenvalue weighted by Gasteiger charge is -2.18. The molecular weight excluding hydrogens is 925 g/mol. The third-order valence-electron chi connectivity index (χ3n) is 12.3. The molecule has 0 aromatic rings. The molecule has 6 nitrogen and oxygen atoms in total. The van der Waals surface area contributed by atoms with E-state index in [1.54, 1.807) is 0 Å². The van der Waals surface area contributed by atoms with E-state index in [-0.39, 0.29) is 31.1 Å². The van der Waals surface area contributed by atoms with Crippen LogP contribution in [0.4, 0.5) is 0 Å². The molecule has 0 fully saturated rings. The van der Waals surface area contributed by atoms with Crippen molar-refractivity contribution in [2.24, 2.45) is 0 Å². The number of carbonyl (C=O) groups excluding carboxylic acids is 3. The highest BCUT2D eigenvalue weighted by Gasteiger charge is 2.19. The normalized spacial score (nSPS) is 13.2. The van der Waals surface area contributed by atoms with Crippen LogP contribution in [-0.2, 0) is 28.6 Å². The minimum Gasteiger partial charge on any atom is -0.462 e. The SMILES string of the molecule is CC/C=C\C/C=C\C/C=C\C/C=C\C/C=C\C/C=C\C/C=C\CCCCCCCCCC(=O)OCC(COC(=O)CCCCCCCCC)OC(=O)CCCCCCC/C=C\C/C=C\C/C=C\C/C=C\C/C=C\CC. The molecule has 1 unspecified atom stereocenters. The van der Waals surface area contributed by atoms with Gasteiger partial charge in [-0.2, -0.15) is 0 Å². The van der Waals surface area contributed by atoms with Gasteiger partial charge in [-0.25, -0.2) is 0 Å². The van der Waals surface area contributed by atoms with E-state index in [0.717, 1.165) is 161 Å². The Hall–Kier alpha value is -4.71. The summed E-state index contributed by atoms with van der Waals surface area (Å²) >= 11 is 0. The number of esters is 3. The molecule has 0 aliphatic heterocycles. The Labute approximate surface area is 461 Å². The molecular formula is C69H110O6. The average molecular weight is 1040 g/mol. The van der Waals surface area contributed by atoms with Gasteiger partial charge in [-0.15, -0.1) is 0 Å². The predicted molar refractivity (Wildman–Crippen MR) is 325 cm³/mol. The molecule has 0 amide bonds. The Morgan fingerprint density at radius 3 is 0.813 bits per heavy atom. The second kappa shape index (κ2) is 61.8. The number of ether oxygens (including phenoxy) is 3. The van der Waals surface area contributed by atoms with Crippen LogP contribution >= 0.6 is 0 Å². The van der Waals surface area contributed by atoms with Crippen molar-refractivity contribution in [3.8, 4) is 0 Å². The molecule has 0 bridgehead atoms. The zero-order valence-corrected chi connectivity index (χ0v) is 48.3. The summed E-state index contributed by atoms with van der Waals surface area (Å²) < 4.78 is 16.8. The van der Waals surface area contributed by atoms with Crippen molar-refractivity contribution in [1.82, 2.24) is 0 Å². The van der Waals surface area contributed by atoms with Gasteiger partial charge in [0.1, 0.15) is 13.2 Å². The molecule has 75 heavy (non-hydrogen) atoms. The van der Waals surface area contributed by atoms with Crippen LogP contribution in [0.2, 0.25) is 0 Å². The standard InChI is InChI=1S/C69H110O6/c1-4-7-10-13-16-18-20-22-24-26-28-30-31-32-33-34-35-36-37-39-40-42-44-46-48-50-53-56-59-62-68(71)74-65-66(64-73-67(70)61-58-55-52-15-12-9-6-3)75-69(72)63-60-57-54-51-49-47-45-43-41-38-29-27-25-23-21-19-17-14-11-8-5-2/h7-8,10-11,16-19,22-25,28-30,32-33,35-36,38-40,43,45,66H,4-6,9,12-15,20-21,26-27,31,34,37,41-42,44,46-65H2,1-3H3/b10-7-,11-8-,18-16-,19-17-,24-22-,25-23-,30-28-,33-32-,36-35-,38-29-,40-39-,45-43-. The van der Waals surface area contributed by atoms with Crippen molar-refractivity contribution < 1.29 is 28.6 Å². The Morgan fingerprint density at radius 1 is 0.280 bits per heavy atom. The Bertz CT molecular complexity index is 1660. The summed E-state index contributed by atoms with van der Waals surface area (Å²) in [6.45, 7) is 6.33. The van der Waals surface area contributed by atoms with Crippen molar-refractivity contribution in [1.29, 1.82) is 0 Å². The molecule has 0 rings (SSSR count). The van der Waals surface area contributed by atoms with Crippen LogP contribution in [0.15, 0.2) is 146 Å². The van der Waals surface area contributed by atoms with Gasteiger partial charge in [0.15, 0.2) is 6.10 Å². The quantitative estimate of drug-likeness (QED) is 0.0261. The number of unbranched alkanes of at least 4 members (excludes halogenated alkanes) is 18. The number of allylic oxidation sites excluding steroid dienone is 24. The molecule has 0 aromatic heterocycles. The van der Waals surface area contributed by atoms with Gasteiger partial charge >= 0.3 is 17.9 Å². The van der Waals surface area contributed by atoms with Crippen LogP contribution in [0, 0.1) is 0 Å². The summed E-state index contributed by atoms with van der Waals surface area (Å²) in [5.41, 5.74) is 0. The summed E-state index contributed by atoms with van der Waals surface area (Å²) in [4.78, 5) is 38.0. The Balaban J connectivity index is 4.26. The first-order chi connectivity index (χ1) is 37.0. The van der Waals surface area contributed by atoms with Crippen LogP contribution in [-0.4, -0.2) is 37.2 Å². The number of rotatable bonds is 53. The molecule has 6 heteroatoms. The van der Waals surface area contributed by atoms with Gasteiger partial charge in [0.25, 0.3) is 0 Å². The maximum atomic E-state index is 12.8. The zero-order valence-electron chi connectivity index (χ0n) is 48.3. The van der Waals surface area contributed by atoms with Crippen LogP contribution in [0.1, 0.15) is 252 Å². The predicted octanol–water partition coefficient (Wildman–Crippen LogP) is 20.8. The van der Waals surface area contributed by atoms with Gasteiger partial charge in [0.05, 0.1) is 0 Å². The van der Waals surface area contributed by atoms with Gasteiger partial charge in [0.2, 0.25) is 0 Å². The van der Waals surface area contributed by atoms with E-state index in [1.165, 1.54) is 51.4 Å². The third kappa shape index (κ3) is 60.0. The highest BCUT2D eigenvalue weighted by molar-refractivity contribution is 5.71. The summed E-state index contributed by atoms with van der Waals surface area (Å²) in [5, 5.41) is 0. The van der Waals surface area contributed by atoms with Gasteiger partial charge in [-0.3, -0.25) is 14.4 Å². The minimum absolute atomic E-state index is 0.0938. The van der Waals surface area contributed by atoms with E-state index < -0.39 is 6.10 Å². The molecule has 0 saturated carbocycles. The summed E-state index contributed by atoms with van der Waals surface area (Å²) in [5.74, 6) is -0.936. The molecule has 0 heterocycles. The average Bonchev–Trinajstić information content (AvgIpc) is 3.41. The lowest BCUT2D eigenvalue weighted by atomic mass is 10.1. The van der Waals surface area contributed by atoms with E-state index in [4.69, 9.17) is 14.2 Å². The molecule has 0 aromatic carbocycles. The van der Waals surface area contributed by atoms with E-state index in [2.05, 4.69) is 167 Å². The monoisotopic (exact) mass is 1030 g/mol. The largest absolute Gasteiger partial charge is 0.462 e. The van der Waals surface area contributed by atoms with E-state index in [1.807, 2.05) is 0 Å². The lowest BCUT2D eigenvalue weighted by molar-refractivity contribution is -0.167. The number of hydrogen-bond acceptors (Lipinski definition) is 6. The van der Waals surface area contributed by atoms with Gasteiger partial charge in [-0.05, 0) is 122 Å². The van der Waals surface area contributed by atoms with Crippen LogP contribution < -0.4 is 0 Å². The third-order valence-corrected chi connectivity index (χ3v) is 12.3. The Morgan fingerprint density at radius 2 is 0.520 bits per heavy atom. The molecule has 0 N–H and O–H groups in total. The van der Waals surface area contributed by atoms with Crippen molar-refractivity contribution in [2.75, 3.05) is 13.2 Å². The first-order valence-corrected chi connectivity index (χ1v) is 30.3. The van der Waals surface area contributed by atoms with Crippen molar-refractivity contribution >= 4 is 17.9 Å². The smallest absolute Gasteiger partial charge is 0.306 e. The molecule has 0 radical (unpaired) electrons. The van der Waals surface area contributed by atoms with Crippen LogP contribution in [0.5, 0.6) is 0 Å². The van der Waals surface area contributed by atoms with E-state index in [9.17, 15) is 14.4 Å². The first-order valence-electron chi connectivity index (χ1n) is 30.3. The fraction of sp³-hybridized carbons (Fsp3) is 0.609. The number of hydrogen-bond donors (Lipinski definition) is 0. The van der Waals surface area contributed by atoms with Crippen molar-refractivity contribution in [3.63, 3.8) is 0 Å². The maximum Gasteiger partial charge on any atom is 0.306 e. The van der Waals surface area contributed by atoms with Crippen LogP contribution in [0.3, 0.4) is 0 Å². The molecule has 422 valence electrons. The fourth-order valence-corrected chi connectivity index (χ4v) is 7.86. The number of carbonyl (C=O) groups is 3. The van der Waals surface area contributed by atoms with Gasteiger partial charge in [0, 0.05) is 19.3 Å². The zero-order chi connectivity index (χ0) is 54.3. The summed E-state index contributed by atoms with van der Waals surface area (Å²) in [7, 11) is 0. The molecule has 1 atom stereocenters. The highest BCUT2D eigenvalue weighted by Crippen LogP contribution is 2.14. The first kappa shape index (κ1) is 70.3. The van der Waals surface area contributed by atoms with Crippen LogP contribution in [0.25, 0.3) is 0 Å². The topological polar surface area (TPSA) is 78.9 Å². The fourth-order valence-electron chi connectivity index (χ4n) is 7.86. The van der Waals surface area contributed by atoms with Gasteiger partial charge in [-0.1, -0.05) is 256 Å². The van der Waals surface area contributed by atoms with E-state index >= 15 is 0 Å². The second-order valence-electron chi connectivity index (χ2n) is 19.5. The lowest BCUT2D eigenvalue weighted by Crippen LogP contribution is -2.30.